The summed E-state index contributed by atoms with van der Waals surface area (Å²) in [5.74, 6) is -0.196. The van der Waals surface area contributed by atoms with Crippen LogP contribution in [0.2, 0.25) is 0 Å². The average Bonchev–Trinajstić information content (AvgIpc) is 3.12. The molecule has 1 aliphatic rings. The number of Topliss-reactive ketones (excluding diaryl/α,β-unsaturated/α-hetero) is 1. The fourth-order valence-electron chi connectivity index (χ4n) is 4.66. The molecule has 1 aromatic carbocycles. The van der Waals surface area contributed by atoms with Crippen molar-refractivity contribution in [2.75, 3.05) is 14.2 Å². The van der Waals surface area contributed by atoms with Gasteiger partial charge in [-0.2, -0.15) is 0 Å². The molecule has 0 radical (unpaired) electrons. The van der Waals surface area contributed by atoms with Crippen LogP contribution < -0.4 is 4.74 Å². The van der Waals surface area contributed by atoms with Crippen molar-refractivity contribution in [2.45, 2.75) is 65.0 Å². The van der Waals surface area contributed by atoms with Crippen molar-refractivity contribution in [1.29, 1.82) is 0 Å². The maximum Gasteiger partial charge on any atom is 0.354 e. The summed E-state index contributed by atoms with van der Waals surface area (Å²) in [6.07, 6.45) is 4.96. The zero-order valence-electron chi connectivity index (χ0n) is 19.5. The number of carbonyl (C=O) groups excluding carboxylic acids is 3. The first-order chi connectivity index (χ1) is 15.3. The molecule has 32 heavy (non-hydrogen) atoms. The second-order valence-corrected chi connectivity index (χ2v) is 8.39. The van der Waals surface area contributed by atoms with Crippen LogP contribution in [0.25, 0.3) is 0 Å². The van der Waals surface area contributed by atoms with Gasteiger partial charge in [-0.3, -0.25) is 9.59 Å². The first-order valence-corrected chi connectivity index (χ1v) is 11.1. The molecular weight excluding hydrogens is 408 g/mol. The van der Waals surface area contributed by atoms with Crippen LogP contribution in [0.1, 0.15) is 81.5 Å². The standard InChI is InChI=1S/C25H32N2O5/c1-15-21(16(2)26-22(15)25(30)32-5)23(28)17(3)27(19-9-7-6-8-10-19)24(29)18-11-13-20(31-4)14-12-18/h11-14,17,19,26H,6-10H2,1-5H3. The monoisotopic (exact) mass is 440 g/mol. The number of H-pyrrole nitrogens is 1. The van der Waals surface area contributed by atoms with Crippen molar-refractivity contribution in [2.24, 2.45) is 0 Å². The van der Waals surface area contributed by atoms with Crippen LogP contribution in [-0.4, -0.2) is 53.8 Å². The maximum atomic E-state index is 13.6. The van der Waals surface area contributed by atoms with Crippen LogP contribution in [0.5, 0.6) is 5.75 Å². The molecule has 1 atom stereocenters. The summed E-state index contributed by atoms with van der Waals surface area (Å²) < 4.78 is 10.0. The van der Waals surface area contributed by atoms with Gasteiger partial charge in [0, 0.05) is 22.9 Å². The summed E-state index contributed by atoms with van der Waals surface area (Å²) >= 11 is 0. The van der Waals surface area contributed by atoms with Gasteiger partial charge in [0.1, 0.15) is 11.4 Å². The van der Waals surface area contributed by atoms with E-state index in [4.69, 9.17) is 9.47 Å². The SMILES string of the molecule is COC(=O)c1[nH]c(C)c(C(=O)C(C)N(C(=O)c2ccc(OC)cc2)C2CCCCC2)c1C. The minimum Gasteiger partial charge on any atom is -0.497 e. The Hall–Kier alpha value is -3.09. The van der Waals surface area contributed by atoms with Crippen molar-refractivity contribution in [3.8, 4) is 5.75 Å². The Morgan fingerprint density at radius 1 is 1.03 bits per heavy atom. The number of rotatable bonds is 7. The van der Waals surface area contributed by atoms with Gasteiger partial charge in [-0.15, -0.1) is 0 Å². The van der Waals surface area contributed by atoms with Crippen molar-refractivity contribution in [1.82, 2.24) is 9.88 Å². The number of benzene rings is 1. The third kappa shape index (κ3) is 4.56. The number of amides is 1. The highest BCUT2D eigenvalue weighted by Gasteiger charge is 2.36. The number of aromatic amines is 1. The van der Waals surface area contributed by atoms with Gasteiger partial charge in [0.15, 0.2) is 5.78 Å². The molecule has 1 heterocycles. The number of aryl methyl sites for hydroxylation is 1. The van der Waals surface area contributed by atoms with Crippen LogP contribution >= 0.6 is 0 Å². The molecule has 0 bridgehead atoms. The predicted molar refractivity (Wildman–Crippen MR) is 121 cm³/mol. The number of esters is 1. The summed E-state index contributed by atoms with van der Waals surface area (Å²) in [6, 6.07) is 6.29. The minimum atomic E-state index is -0.675. The molecular formula is C25H32N2O5. The molecule has 1 aromatic heterocycles. The number of methoxy groups -OCH3 is 2. The van der Waals surface area contributed by atoms with Crippen molar-refractivity contribution < 1.29 is 23.9 Å². The molecule has 1 unspecified atom stereocenters. The van der Waals surface area contributed by atoms with E-state index in [2.05, 4.69) is 4.98 Å². The normalized spacial score (nSPS) is 15.2. The second kappa shape index (κ2) is 10.0. The van der Waals surface area contributed by atoms with Gasteiger partial charge in [-0.25, -0.2) is 4.79 Å². The molecule has 1 N–H and O–H groups in total. The second-order valence-electron chi connectivity index (χ2n) is 8.39. The molecule has 1 saturated carbocycles. The van der Waals surface area contributed by atoms with E-state index in [9.17, 15) is 14.4 Å². The van der Waals surface area contributed by atoms with Crippen LogP contribution in [-0.2, 0) is 4.74 Å². The Bertz CT molecular complexity index is 987. The fraction of sp³-hybridized carbons (Fsp3) is 0.480. The zero-order chi connectivity index (χ0) is 23.4. The number of ketones is 1. The van der Waals surface area contributed by atoms with Gasteiger partial charge in [0.2, 0.25) is 0 Å². The lowest BCUT2D eigenvalue weighted by atomic mass is 9.90. The number of hydrogen-bond acceptors (Lipinski definition) is 5. The van der Waals surface area contributed by atoms with E-state index in [0.717, 1.165) is 32.1 Å². The van der Waals surface area contributed by atoms with E-state index in [1.54, 1.807) is 57.0 Å². The smallest absolute Gasteiger partial charge is 0.354 e. The van der Waals surface area contributed by atoms with E-state index in [0.29, 0.717) is 28.1 Å². The lowest BCUT2D eigenvalue weighted by Crippen LogP contribution is -2.50. The first-order valence-electron chi connectivity index (χ1n) is 11.1. The Kier molecular flexibility index (Phi) is 7.38. The van der Waals surface area contributed by atoms with Gasteiger partial charge in [0.05, 0.1) is 20.3 Å². The molecule has 2 aromatic rings. The number of carbonyl (C=O) groups is 3. The molecule has 7 heteroatoms. The highest BCUT2D eigenvalue weighted by atomic mass is 16.5. The minimum absolute atomic E-state index is 0.00284. The third-order valence-electron chi connectivity index (χ3n) is 6.41. The Balaban J connectivity index is 1.97. The molecule has 1 fully saturated rings. The predicted octanol–water partition coefficient (Wildman–Crippen LogP) is 4.47. The largest absolute Gasteiger partial charge is 0.497 e. The zero-order valence-corrected chi connectivity index (χ0v) is 19.5. The summed E-state index contributed by atoms with van der Waals surface area (Å²) in [6.45, 7) is 5.27. The Morgan fingerprint density at radius 3 is 2.22 bits per heavy atom. The van der Waals surface area contributed by atoms with E-state index >= 15 is 0 Å². The third-order valence-corrected chi connectivity index (χ3v) is 6.41. The summed E-state index contributed by atoms with van der Waals surface area (Å²) in [5.41, 5.74) is 2.38. The Morgan fingerprint density at radius 2 is 1.66 bits per heavy atom. The molecule has 0 saturated heterocycles. The summed E-state index contributed by atoms with van der Waals surface area (Å²) in [7, 11) is 2.89. The van der Waals surface area contributed by atoms with Crippen LogP contribution in [0.3, 0.4) is 0 Å². The number of hydrogen-bond donors (Lipinski definition) is 1. The summed E-state index contributed by atoms with van der Waals surface area (Å²) in [5, 5.41) is 0. The number of nitrogens with one attached hydrogen (secondary N) is 1. The van der Waals surface area contributed by atoms with Crippen LogP contribution in [0, 0.1) is 13.8 Å². The quantitative estimate of drug-likeness (QED) is 0.507. The van der Waals surface area contributed by atoms with Gasteiger partial charge < -0.3 is 19.4 Å². The van der Waals surface area contributed by atoms with Gasteiger partial charge in [0.25, 0.3) is 5.91 Å². The van der Waals surface area contributed by atoms with Crippen LogP contribution in [0.4, 0.5) is 0 Å². The molecule has 1 amide bonds. The molecule has 7 nitrogen and oxygen atoms in total. The lowest BCUT2D eigenvalue weighted by Gasteiger charge is -2.38. The average molecular weight is 441 g/mol. The van der Waals surface area contributed by atoms with Crippen molar-refractivity contribution >= 4 is 17.7 Å². The van der Waals surface area contributed by atoms with Gasteiger partial charge in [-0.05, 0) is 63.4 Å². The lowest BCUT2D eigenvalue weighted by molar-refractivity contribution is 0.0486. The highest BCUT2D eigenvalue weighted by Crippen LogP contribution is 2.29. The number of ether oxygens (including phenoxy) is 2. The number of nitrogens with zero attached hydrogens (tertiary/aromatic N) is 1. The first kappa shape index (κ1) is 23.6. The van der Waals surface area contributed by atoms with Gasteiger partial charge >= 0.3 is 5.97 Å². The van der Waals surface area contributed by atoms with E-state index in [1.807, 2.05) is 0 Å². The van der Waals surface area contributed by atoms with Crippen molar-refractivity contribution in [3.05, 3.63) is 52.3 Å². The Labute approximate surface area is 189 Å². The maximum absolute atomic E-state index is 13.6. The molecule has 172 valence electrons. The van der Waals surface area contributed by atoms with Gasteiger partial charge in [-0.1, -0.05) is 19.3 Å². The topological polar surface area (TPSA) is 88.7 Å². The highest BCUT2D eigenvalue weighted by molar-refractivity contribution is 6.07. The molecule has 0 aliphatic heterocycles. The molecule has 3 rings (SSSR count). The molecule has 1 aliphatic carbocycles. The van der Waals surface area contributed by atoms with E-state index in [1.165, 1.54) is 7.11 Å². The molecule has 0 spiro atoms. The van der Waals surface area contributed by atoms with E-state index < -0.39 is 12.0 Å². The summed E-state index contributed by atoms with van der Waals surface area (Å²) in [4.78, 5) is 44.0. The number of aromatic nitrogens is 1. The fourth-order valence-corrected chi connectivity index (χ4v) is 4.66. The van der Waals surface area contributed by atoms with Crippen molar-refractivity contribution in [3.63, 3.8) is 0 Å². The van der Waals surface area contributed by atoms with E-state index in [-0.39, 0.29) is 23.4 Å². The van der Waals surface area contributed by atoms with Crippen LogP contribution in [0.15, 0.2) is 24.3 Å².